The summed E-state index contributed by atoms with van der Waals surface area (Å²) in [6.07, 6.45) is 3.62. The van der Waals surface area contributed by atoms with E-state index in [1.54, 1.807) is 0 Å². The summed E-state index contributed by atoms with van der Waals surface area (Å²) in [6, 6.07) is 11.8. The number of nitrogens with one attached hydrogen (secondary N) is 1. The molecule has 0 bridgehead atoms. The van der Waals surface area contributed by atoms with Crippen LogP contribution in [0.2, 0.25) is 0 Å². The molecule has 2 aliphatic rings. The van der Waals surface area contributed by atoms with E-state index >= 15 is 0 Å². The van der Waals surface area contributed by atoms with Gasteiger partial charge in [0.15, 0.2) is 5.78 Å². The van der Waals surface area contributed by atoms with Crippen molar-refractivity contribution in [3.63, 3.8) is 0 Å². The molecule has 0 saturated carbocycles. The summed E-state index contributed by atoms with van der Waals surface area (Å²) in [7, 11) is 0. The number of piperidine rings is 1. The Morgan fingerprint density at radius 3 is 2.42 bits per heavy atom. The van der Waals surface area contributed by atoms with Gasteiger partial charge in [-0.3, -0.25) is 4.79 Å². The normalized spacial score (nSPS) is 19.6. The lowest BCUT2D eigenvalue weighted by molar-refractivity contribution is 0.104. The van der Waals surface area contributed by atoms with Crippen molar-refractivity contribution in [2.24, 2.45) is 0 Å². The Kier molecular flexibility index (Phi) is 4.68. The lowest BCUT2D eigenvalue weighted by atomic mass is 10.00. The highest BCUT2D eigenvalue weighted by Crippen LogP contribution is 2.47. The van der Waals surface area contributed by atoms with Gasteiger partial charge >= 0.3 is 0 Å². The summed E-state index contributed by atoms with van der Waals surface area (Å²) in [4.78, 5) is 12.9. The van der Waals surface area contributed by atoms with Gasteiger partial charge in [-0.1, -0.05) is 30.7 Å². The number of hydrogen-bond acceptors (Lipinski definition) is 4. The Bertz CT molecular complexity index is 824. The molecule has 0 spiro atoms. The predicted octanol–water partition coefficient (Wildman–Crippen LogP) is 4.21. The Labute approximate surface area is 154 Å². The molecule has 1 saturated heterocycles. The van der Waals surface area contributed by atoms with Crippen molar-refractivity contribution in [1.82, 2.24) is 5.32 Å². The first-order chi connectivity index (χ1) is 12.7. The van der Waals surface area contributed by atoms with Crippen LogP contribution < -0.4 is 14.8 Å². The van der Waals surface area contributed by atoms with Gasteiger partial charge in [0.25, 0.3) is 0 Å². The molecule has 1 fully saturated rings. The van der Waals surface area contributed by atoms with Crippen molar-refractivity contribution in [3.8, 4) is 22.6 Å². The fourth-order valence-electron chi connectivity index (χ4n) is 4.04. The molecule has 2 unspecified atom stereocenters. The predicted molar refractivity (Wildman–Crippen MR) is 102 cm³/mol. The maximum atomic E-state index is 12.9. The molecule has 0 aromatic heterocycles. The van der Waals surface area contributed by atoms with Gasteiger partial charge in [-0.15, -0.1) is 0 Å². The SMILES string of the molecule is CCOc1cccc2c1-c1c(OC(C)C3CCCCN3)cccc1C2=O. The van der Waals surface area contributed by atoms with Crippen molar-refractivity contribution in [3.05, 3.63) is 47.5 Å². The number of ether oxygens (including phenoxy) is 2. The quantitative estimate of drug-likeness (QED) is 0.748. The molecule has 2 aromatic rings. The number of hydrogen-bond donors (Lipinski definition) is 1. The number of carbonyl (C=O) groups is 1. The first kappa shape index (κ1) is 17.1. The van der Waals surface area contributed by atoms with Gasteiger partial charge in [-0.25, -0.2) is 0 Å². The summed E-state index contributed by atoms with van der Waals surface area (Å²) in [6.45, 7) is 5.66. The van der Waals surface area contributed by atoms with E-state index in [1.165, 1.54) is 12.8 Å². The van der Waals surface area contributed by atoms with Crippen LogP contribution in [-0.4, -0.2) is 31.1 Å². The second-order valence-electron chi connectivity index (χ2n) is 7.00. The molecular weight excluding hydrogens is 326 g/mol. The zero-order valence-electron chi connectivity index (χ0n) is 15.4. The molecule has 0 amide bonds. The monoisotopic (exact) mass is 351 g/mol. The average Bonchev–Trinajstić information content (AvgIpc) is 2.97. The molecular formula is C22H25NO3. The molecule has 4 rings (SSSR count). The Balaban J connectivity index is 1.73. The van der Waals surface area contributed by atoms with Crippen LogP contribution >= 0.6 is 0 Å². The van der Waals surface area contributed by atoms with Crippen LogP contribution in [0.25, 0.3) is 11.1 Å². The third-order valence-electron chi connectivity index (χ3n) is 5.32. The van der Waals surface area contributed by atoms with E-state index < -0.39 is 0 Å². The molecule has 2 atom stereocenters. The number of fused-ring (bicyclic) bond motifs is 3. The summed E-state index contributed by atoms with van der Waals surface area (Å²) >= 11 is 0. The minimum atomic E-state index is 0.0419. The van der Waals surface area contributed by atoms with Crippen LogP contribution in [0, 0.1) is 0 Å². The van der Waals surface area contributed by atoms with Crippen molar-refractivity contribution in [1.29, 1.82) is 0 Å². The Morgan fingerprint density at radius 1 is 1.08 bits per heavy atom. The fraction of sp³-hybridized carbons (Fsp3) is 0.409. The lowest BCUT2D eigenvalue weighted by Gasteiger charge is -2.30. The van der Waals surface area contributed by atoms with Crippen molar-refractivity contribution < 1.29 is 14.3 Å². The molecule has 1 N–H and O–H groups in total. The first-order valence-corrected chi connectivity index (χ1v) is 9.54. The minimum absolute atomic E-state index is 0.0419. The highest BCUT2D eigenvalue weighted by atomic mass is 16.5. The van der Waals surface area contributed by atoms with Crippen molar-refractivity contribution in [2.45, 2.75) is 45.3 Å². The number of benzene rings is 2. The fourth-order valence-corrected chi connectivity index (χ4v) is 4.04. The van der Waals surface area contributed by atoms with Crippen LogP contribution in [0.5, 0.6) is 11.5 Å². The maximum absolute atomic E-state index is 12.9. The third-order valence-corrected chi connectivity index (χ3v) is 5.32. The lowest BCUT2D eigenvalue weighted by Crippen LogP contribution is -2.44. The van der Waals surface area contributed by atoms with Gasteiger partial charge in [0.1, 0.15) is 17.6 Å². The van der Waals surface area contributed by atoms with Gasteiger partial charge in [0.05, 0.1) is 6.61 Å². The number of rotatable bonds is 5. The Hall–Kier alpha value is -2.33. The standard InChI is InChI=1S/C22H25NO3/c1-3-25-18-11-6-8-15-20(18)21-16(22(15)24)9-7-12-19(21)26-14(2)17-10-4-5-13-23-17/h6-9,11-12,14,17,23H,3-5,10,13H2,1-2H3. The van der Waals surface area contributed by atoms with Gasteiger partial charge in [0, 0.05) is 28.3 Å². The second-order valence-corrected chi connectivity index (χ2v) is 7.00. The molecule has 0 radical (unpaired) electrons. The van der Waals surface area contributed by atoms with Crippen LogP contribution in [0.4, 0.5) is 0 Å². The molecule has 4 heteroatoms. The zero-order chi connectivity index (χ0) is 18.1. The van der Waals surface area contributed by atoms with Gasteiger partial charge < -0.3 is 14.8 Å². The van der Waals surface area contributed by atoms with Crippen molar-refractivity contribution in [2.75, 3.05) is 13.2 Å². The third kappa shape index (κ3) is 2.88. The molecule has 1 aliphatic carbocycles. The van der Waals surface area contributed by atoms with Crippen LogP contribution in [0.3, 0.4) is 0 Å². The Morgan fingerprint density at radius 2 is 1.77 bits per heavy atom. The smallest absolute Gasteiger partial charge is 0.194 e. The van der Waals surface area contributed by atoms with E-state index in [2.05, 4.69) is 12.2 Å². The largest absolute Gasteiger partial charge is 0.493 e. The number of carbonyl (C=O) groups excluding carboxylic acids is 1. The van der Waals surface area contributed by atoms with Gasteiger partial charge in [0.2, 0.25) is 0 Å². The highest BCUT2D eigenvalue weighted by molar-refractivity contribution is 6.23. The number of ketones is 1. The van der Waals surface area contributed by atoms with E-state index in [0.29, 0.717) is 23.8 Å². The molecule has 2 aromatic carbocycles. The second kappa shape index (κ2) is 7.12. The van der Waals surface area contributed by atoms with Crippen LogP contribution in [0.15, 0.2) is 36.4 Å². The molecule has 26 heavy (non-hydrogen) atoms. The van der Waals surface area contributed by atoms with E-state index in [9.17, 15) is 4.79 Å². The van der Waals surface area contributed by atoms with Crippen LogP contribution in [0.1, 0.15) is 49.0 Å². The van der Waals surface area contributed by atoms with E-state index in [0.717, 1.165) is 35.6 Å². The first-order valence-electron chi connectivity index (χ1n) is 9.54. The molecule has 1 aliphatic heterocycles. The van der Waals surface area contributed by atoms with E-state index in [4.69, 9.17) is 9.47 Å². The summed E-state index contributed by atoms with van der Waals surface area (Å²) in [5, 5.41) is 3.55. The van der Waals surface area contributed by atoms with Crippen LogP contribution in [-0.2, 0) is 0 Å². The summed E-state index contributed by atoms with van der Waals surface area (Å²) in [5.41, 5.74) is 3.15. The molecule has 1 heterocycles. The summed E-state index contributed by atoms with van der Waals surface area (Å²) in [5.74, 6) is 1.56. The topological polar surface area (TPSA) is 47.6 Å². The van der Waals surface area contributed by atoms with Gasteiger partial charge in [-0.2, -0.15) is 0 Å². The molecule has 136 valence electrons. The molecule has 4 nitrogen and oxygen atoms in total. The van der Waals surface area contributed by atoms with Gasteiger partial charge in [-0.05, 0) is 45.4 Å². The minimum Gasteiger partial charge on any atom is -0.493 e. The summed E-state index contributed by atoms with van der Waals surface area (Å²) < 4.78 is 12.2. The highest BCUT2D eigenvalue weighted by Gasteiger charge is 2.33. The maximum Gasteiger partial charge on any atom is 0.194 e. The average molecular weight is 351 g/mol. The zero-order valence-corrected chi connectivity index (χ0v) is 15.4. The van der Waals surface area contributed by atoms with Crippen molar-refractivity contribution >= 4 is 5.78 Å². The van der Waals surface area contributed by atoms with E-state index in [1.807, 2.05) is 43.3 Å². The van der Waals surface area contributed by atoms with E-state index in [-0.39, 0.29) is 11.9 Å².